The quantitative estimate of drug-likeness (QED) is 0.770. The van der Waals surface area contributed by atoms with Crippen LogP contribution in [0.2, 0.25) is 0 Å². The molecular weight excluding hydrogens is 240 g/mol. The molecule has 4 N–H and O–H groups in total. The van der Waals surface area contributed by atoms with E-state index in [1.807, 2.05) is 5.38 Å². The number of nitrogens with one attached hydrogen (secondary N) is 2. The highest BCUT2D eigenvalue weighted by atomic mass is 32.1. The van der Waals surface area contributed by atoms with E-state index in [1.165, 1.54) is 11.3 Å². The highest BCUT2D eigenvalue weighted by molar-refractivity contribution is 7.13. The van der Waals surface area contributed by atoms with Gasteiger partial charge in [-0.2, -0.15) is 0 Å². The summed E-state index contributed by atoms with van der Waals surface area (Å²) in [7, 11) is 1.56. The van der Waals surface area contributed by atoms with Crippen molar-refractivity contribution in [3.63, 3.8) is 0 Å². The molecule has 2 aromatic heterocycles. The minimum absolute atomic E-state index is 0.249. The van der Waals surface area contributed by atoms with Crippen LogP contribution in [0.15, 0.2) is 21.9 Å². The van der Waals surface area contributed by atoms with Crippen LogP contribution in [0.4, 0.5) is 9.93 Å². The number of carbonyl (C=O) groups is 1. The van der Waals surface area contributed by atoms with Crippen molar-refractivity contribution in [2.75, 3.05) is 12.8 Å². The lowest BCUT2D eigenvalue weighted by Crippen LogP contribution is -2.31. The van der Waals surface area contributed by atoms with Gasteiger partial charge in [0.1, 0.15) is 11.5 Å². The van der Waals surface area contributed by atoms with Crippen LogP contribution >= 0.6 is 11.3 Å². The highest BCUT2D eigenvalue weighted by Crippen LogP contribution is 2.24. The number of anilines is 1. The molecule has 0 atom stereocenters. The predicted octanol–water partition coefficient (Wildman–Crippen LogP) is 1.41. The summed E-state index contributed by atoms with van der Waals surface area (Å²) in [4.78, 5) is 15.1. The Hall–Kier alpha value is -2.02. The fourth-order valence-corrected chi connectivity index (χ4v) is 1.82. The van der Waals surface area contributed by atoms with Crippen molar-refractivity contribution in [3.05, 3.63) is 23.3 Å². The van der Waals surface area contributed by atoms with Gasteiger partial charge in [0, 0.05) is 12.4 Å². The van der Waals surface area contributed by atoms with Gasteiger partial charge in [-0.1, -0.05) is 0 Å². The average Bonchev–Trinajstić information content (AvgIpc) is 2.94. The molecular formula is C10H12N4O2S. The first-order valence-corrected chi connectivity index (χ1v) is 5.82. The zero-order valence-electron chi connectivity index (χ0n) is 9.19. The van der Waals surface area contributed by atoms with E-state index >= 15 is 0 Å². The van der Waals surface area contributed by atoms with E-state index in [0.29, 0.717) is 28.9 Å². The third-order valence-corrected chi connectivity index (χ3v) is 2.76. The predicted molar refractivity (Wildman–Crippen MR) is 65.5 cm³/mol. The lowest BCUT2D eigenvalue weighted by atomic mass is 10.3. The first-order chi connectivity index (χ1) is 8.19. The van der Waals surface area contributed by atoms with Crippen LogP contribution in [0.3, 0.4) is 0 Å². The summed E-state index contributed by atoms with van der Waals surface area (Å²) < 4.78 is 5.52. The van der Waals surface area contributed by atoms with Crippen LogP contribution in [0.1, 0.15) is 5.76 Å². The molecule has 17 heavy (non-hydrogen) atoms. The number of hydrogen-bond donors (Lipinski definition) is 3. The van der Waals surface area contributed by atoms with Crippen molar-refractivity contribution in [3.8, 4) is 11.5 Å². The highest BCUT2D eigenvalue weighted by Gasteiger charge is 2.08. The Labute approximate surface area is 102 Å². The van der Waals surface area contributed by atoms with Gasteiger partial charge in [-0.15, -0.1) is 11.3 Å². The molecule has 0 aliphatic carbocycles. The van der Waals surface area contributed by atoms with Crippen molar-refractivity contribution in [2.45, 2.75) is 6.54 Å². The van der Waals surface area contributed by atoms with Gasteiger partial charge in [-0.3, -0.25) is 0 Å². The smallest absolute Gasteiger partial charge is 0.314 e. The Balaban J connectivity index is 2.03. The second-order valence-electron chi connectivity index (χ2n) is 3.27. The molecule has 0 radical (unpaired) electrons. The summed E-state index contributed by atoms with van der Waals surface area (Å²) in [5.74, 6) is 1.31. The molecule has 0 aliphatic heterocycles. The number of rotatable bonds is 3. The van der Waals surface area contributed by atoms with Crippen LogP contribution in [0.25, 0.3) is 11.5 Å². The van der Waals surface area contributed by atoms with E-state index in [1.54, 1.807) is 19.2 Å². The number of nitrogens with two attached hydrogens (primary N) is 1. The first-order valence-electron chi connectivity index (χ1n) is 4.94. The standard InChI is InChI=1S/C10H12N4O2S/c1-12-10(15)13-4-6-2-3-8(16-6)7-5-17-9(11)14-7/h2-3,5H,4H2,1H3,(H2,11,14)(H2,12,13,15). The zero-order valence-corrected chi connectivity index (χ0v) is 10.0. The average molecular weight is 252 g/mol. The molecule has 0 saturated heterocycles. The van der Waals surface area contributed by atoms with Gasteiger partial charge in [0.05, 0.1) is 6.54 Å². The second kappa shape index (κ2) is 4.88. The molecule has 0 aliphatic rings. The molecule has 0 bridgehead atoms. The molecule has 0 saturated carbocycles. The molecule has 0 unspecified atom stereocenters. The molecule has 2 heterocycles. The number of amides is 2. The van der Waals surface area contributed by atoms with Gasteiger partial charge < -0.3 is 20.8 Å². The second-order valence-corrected chi connectivity index (χ2v) is 4.16. The molecule has 0 fully saturated rings. The van der Waals surface area contributed by atoms with Gasteiger partial charge in [0.2, 0.25) is 0 Å². The fourth-order valence-electron chi connectivity index (χ4n) is 1.27. The van der Waals surface area contributed by atoms with Crippen LogP contribution in [0, 0.1) is 0 Å². The van der Waals surface area contributed by atoms with E-state index in [0.717, 1.165) is 0 Å². The van der Waals surface area contributed by atoms with Gasteiger partial charge >= 0.3 is 6.03 Å². The Kier molecular flexibility index (Phi) is 3.29. The zero-order chi connectivity index (χ0) is 12.3. The summed E-state index contributed by atoms with van der Waals surface area (Å²) >= 11 is 1.36. The van der Waals surface area contributed by atoms with Gasteiger partial charge in [-0.25, -0.2) is 9.78 Å². The number of aromatic nitrogens is 1. The normalized spacial score (nSPS) is 10.2. The number of furan rings is 1. The van der Waals surface area contributed by atoms with Crippen molar-refractivity contribution in [1.82, 2.24) is 15.6 Å². The number of nitrogen functional groups attached to an aromatic ring is 1. The third-order valence-electron chi connectivity index (χ3n) is 2.09. The molecule has 6 nitrogen and oxygen atoms in total. The lowest BCUT2D eigenvalue weighted by Gasteiger charge is -2.00. The van der Waals surface area contributed by atoms with Crippen LogP contribution < -0.4 is 16.4 Å². The molecule has 7 heteroatoms. The van der Waals surface area contributed by atoms with Gasteiger partial charge in [0.15, 0.2) is 10.9 Å². The van der Waals surface area contributed by atoms with Crippen molar-refractivity contribution < 1.29 is 9.21 Å². The number of nitrogens with zero attached hydrogens (tertiary/aromatic N) is 1. The summed E-state index contributed by atoms with van der Waals surface area (Å²) in [6, 6.07) is 3.34. The molecule has 0 spiro atoms. The molecule has 2 rings (SSSR count). The maximum atomic E-state index is 11.0. The lowest BCUT2D eigenvalue weighted by molar-refractivity contribution is 0.241. The van der Waals surface area contributed by atoms with Gasteiger partial charge in [0.25, 0.3) is 0 Å². The molecule has 90 valence electrons. The van der Waals surface area contributed by atoms with Crippen LogP contribution in [-0.2, 0) is 6.54 Å². The Morgan fingerprint density at radius 2 is 2.41 bits per heavy atom. The summed E-state index contributed by atoms with van der Waals surface area (Å²) in [5, 5.41) is 7.42. The van der Waals surface area contributed by atoms with Crippen molar-refractivity contribution in [1.29, 1.82) is 0 Å². The van der Waals surface area contributed by atoms with Crippen LogP contribution in [0.5, 0.6) is 0 Å². The summed E-state index contributed by atoms with van der Waals surface area (Å²) in [6.07, 6.45) is 0. The van der Waals surface area contributed by atoms with Gasteiger partial charge in [-0.05, 0) is 12.1 Å². The first kappa shape index (κ1) is 11.5. The van der Waals surface area contributed by atoms with Crippen molar-refractivity contribution in [2.24, 2.45) is 0 Å². The van der Waals surface area contributed by atoms with E-state index < -0.39 is 0 Å². The Morgan fingerprint density at radius 3 is 3.06 bits per heavy atom. The SMILES string of the molecule is CNC(=O)NCc1ccc(-c2csc(N)n2)o1. The summed E-state index contributed by atoms with van der Waals surface area (Å²) in [6.45, 7) is 0.333. The molecule has 0 aromatic carbocycles. The minimum atomic E-state index is -0.249. The maximum absolute atomic E-state index is 11.0. The largest absolute Gasteiger partial charge is 0.458 e. The van der Waals surface area contributed by atoms with E-state index in [-0.39, 0.29) is 6.03 Å². The summed E-state index contributed by atoms with van der Waals surface area (Å²) in [5.41, 5.74) is 6.25. The Bertz CT molecular complexity index is 520. The van der Waals surface area contributed by atoms with E-state index in [2.05, 4.69) is 15.6 Å². The number of urea groups is 1. The number of carbonyl (C=O) groups excluding carboxylic acids is 1. The van der Waals surface area contributed by atoms with Crippen LogP contribution in [-0.4, -0.2) is 18.1 Å². The molecule has 2 amide bonds. The fraction of sp³-hybridized carbons (Fsp3) is 0.200. The van der Waals surface area contributed by atoms with Crippen molar-refractivity contribution >= 4 is 22.5 Å². The third kappa shape index (κ3) is 2.76. The molecule has 2 aromatic rings. The monoisotopic (exact) mass is 252 g/mol. The Morgan fingerprint density at radius 1 is 1.59 bits per heavy atom. The number of thiazole rings is 1. The maximum Gasteiger partial charge on any atom is 0.314 e. The van der Waals surface area contributed by atoms with E-state index in [9.17, 15) is 4.79 Å². The van der Waals surface area contributed by atoms with E-state index in [4.69, 9.17) is 10.2 Å². The number of hydrogen-bond acceptors (Lipinski definition) is 5. The minimum Gasteiger partial charge on any atom is -0.458 e. The topological polar surface area (TPSA) is 93.2 Å².